The maximum absolute atomic E-state index is 13.5. The lowest BCUT2D eigenvalue weighted by molar-refractivity contribution is -0.192. The van der Waals surface area contributed by atoms with E-state index in [0.29, 0.717) is 18.6 Å². The lowest BCUT2D eigenvalue weighted by Gasteiger charge is -2.20. The molecule has 19 heteroatoms. The third-order valence-corrected chi connectivity index (χ3v) is 6.74. The predicted molar refractivity (Wildman–Crippen MR) is 149 cm³/mol. The van der Waals surface area contributed by atoms with Crippen molar-refractivity contribution in [2.75, 3.05) is 28.3 Å². The Morgan fingerprint density at radius 3 is 2.28 bits per heavy atom. The molecule has 46 heavy (non-hydrogen) atoms. The summed E-state index contributed by atoms with van der Waals surface area (Å²) in [5, 5.41) is 7.12. The molecule has 1 saturated heterocycles. The Balaban J connectivity index is 0.000000738. The van der Waals surface area contributed by atoms with Crippen molar-refractivity contribution >= 4 is 45.1 Å². The van der Waals surface area contributed by atoms with E-state index >= 15 is 0 Å². The van der Waals surface area contributed by atoms with Crippen LogP contribution in [0.15, 0.2) is 53.6 Å². The number of amides is 3. The summed E-state index contributed by atoms with van der Waals surface area (Å²) in [6.45, 7) is 1.17. The Kier molecular flexibility index (Phi) is 10.2. The van der Waals surface area contributed by atoms with Crippen LogP contribution < -0.4 is 20.3 Å². The smallest absolute Gasteiger partial charge is 0.475 e. The summed E-state index contributed by atoms with van der Waals surface area (Å²) in [5.74, 6) is 2.55. The number of carboxylic acid groups (broad SMARTS) is 1. The number of hydrogen-bond acceptors (Lipinski definition) is 9. The predicted octanol–water partition coefficient (Wildman–Crippen LogP) is 4.64. The molecule has 3 amide bonds. The summed E-state index contributed by atoms with van der Waals surface area (Å²) in [5.41, 5.74) is 4.18. The van der Waals surface area contributed by atoms with Crippen LogP contribution in [-0.2, 0) is 25.6 Å². The van der Waals surface area contributed by atoms with Crippen molar-refractivity contribution in [1.82, 2.24) is 9.97 Å². The van der Waals surface area contributed by atoms with Crippen LogP contribution in [0.4, 0.5) is 48.5 Å². The van der Waals surface area contributed by atoms with Gasteiger partial charge < -0.3 is 15.6 Å². The summed E-state index contributed by atoms with van der Waals surface area (Å²) in [6.07, 6.45) is -7.40. The van der Waals surface area contributed by atoms with Gasteiger partial charge in [-0.2, -0.15) is 31.3 Å². The van der Waals surface area contributed by atoms with E-state index in [4.69, 9.17) is 20.4 Å². The number of nitrogens with zero attached hydrogens (tertiary/aromatic N) is 4. The van der Waals surface area contributed by atoms with Gasteiger partial charge in [0.1, 0.15) is 12.3 Å². The SMILES string of the molecule is CCC#Cc1cc(Oc2ccnc(N)n2)ccc1N1C(=O)CN(c2cc(C(F)(F)F)cc(S(C)(=O)=O)c2)C1=O.O=C(O)C(F)(F)F. The van der Waals surface area contributed by atoms with E-state index in [9.17, 15) is 44.3 Å². The Morgan fingerprint density at radius 2 is 1.74 bits per heavy atom. The van der Waals surface area contributed by atoms with E-state index in [1.54, 1.807) is 6.92 Å². The van der Waals surface area contributed by atoms with Crippen LogP contribution in [0.2, 0.25) is 0 Å². The zero-order valence-corrected chi connectivity index (χ0v) is 24.3. The molecule has 0 saturated carbocycles. The van der Waals surface area contributed by atoms with Gasteiger partial charge in [0.15, 0.2) is 9.84 Å². The molecule has 0 unspecified atom stereocenters. The number of ether oxygens (including phenoxy) is 1. The fourth-order valence-electron chi connectivity index (χ4n) is 3.65. The molecular weight excluding hydrogens is 652 g/mol. The zero-order valence-electron chi connectivity index (χ0n) is 23.5. The van der Waals surface area contributed by atoms with Crippen molar-refractivity contribution in [3.05, 3.63) is 59.8 Å². The Morgan fingerprint density at radius 1 is 1.09 bits per heavy atom. The van der Waals surface area contributed by atoms with Crippen LogP contribution in [0.25, 0.3) is 0 Å². The van der Waals surface area contributed by atoms with Crippen LogP contribution in [0.3, 0.4) is 0 Å². The Bertz CT molecular complexity index is 1850. The van der Waals surface area contributed by atoms with Crippen molar-refractivity contribution in [3.8, 4) is 23.5 Å². The van der Waals surface area contributed by atoms with Crippen molar-refractivity contribution in [1.29, 1.82) is 0 Å². The number of imide groups is 1. The number of halogens is 6. The van der Waals surface area contributed by atoms with E-state index < -0.39 is 62.8 Å². The first-order valence-electron chi connectivity index (χ1n) is 12.5. The van der Waals surface area contributed by atoms with Gasteiger partial charge in [0.25, 0.3) is 5.91 Å². The monoisotopic (exact) mass is 673 g/mol. The zero-order chi connectivity index (χ0) is 34.6. The van der Waals surface area contributed by atoms with Crippen LogP contribution >= 0.6 is 0 Å². The van der Waals surface area contributed by atoms with Crippen LogP contribution in [0.1, 0.15) is 24.5 Å². The number of hydrogen-bond donors (Lipinski definition) is 2. The number of sulfone groups is 1. The topological polar surface area (TPSA) is 173 Å². The van der Waals surface area contributed by atoms with E-state index in [1.165, 1.54) is 30.5 Å². The van der Waals surface area contributed by atoms with Crippen molar-refractivity contribution in [2.24, 2.45) is 0 Å². The number of urea groups is 1. The molecule has 12 nitrogen and oxygen atoms in total. The van der Waals surface area contributed by atoms with Gasteiger partial charge in [-0.25, -0.2) is 27.9 Å². The van der Waals surface area contributed by atoms with Gasteiger partial charge >= 0.3 is 24.4 Å². The summed E-state index contributed by atoms with van der Waals surface area (Å²) >= 11 is 0. The second kappa shape index (κ2) is 13.3. The first kappa shape index (κ1) is 35.1. The molecule has 4 rings (SSSR count). The molecular formula is C27H21F6N5O7S. The molecule has 1 aliphatic heterocycles. The number of anilines is 3. The third kappa shape index (κ3) is 8.62. The number of aromatic nitrogens is 2. The number of aliphatic carboxylic acids is 1. The number of benzene rings is 2. The van der Waals surface area contributed by atoms with Crippen LogP contribution in [-0.4, -0.2) is 60.4 Å². The van der Waals surface area contributed by atoms with E-state index in [1.807, 2.05) is 0 Å². The summed E-state index contributed by atoms with van der Waals surface area (Å²) in [7, 11) is -4.07. The van der Waals surface area contributed by atoms with Gasteiger partial charge in [0, 0.05) is 30.6 Å². The maximum atomic E-state index is 13.5. The Hall–Kier alpha value is -5.38. The van der Waals surface area contributed by atoms with Gasteiger partial charge in [-0.05, 0) is 36.4 Å². The maximum Gasteiger partial charge on any atom is 0.490 e. The van der Waals surface area contributed by atoms with Gasteiger partial charge in [-0.15, -0.1) is 0 Å². The molecule has 1 aromatic heterocycles. The van der Waals surface area contributed by atoms with Gasteiger partial charge in [0.05, 0.1) is 21.7 Å². The molecule has 0 atom stereocenters. The molecule has 0 aliphatic carbocycles. The number of rotatable bonds is 5. The molecule has 2 heterocycles. The lowest BCUT2D eigenvalue weighted by Crippen LogP contribution is -2.33. The number of nitrogens with two attached hydrogens (primary N) is 1. The molecule has 3 N–H and O–H groups in total. The number of carbonyl (C=O) groups excluding carboxylic acids is 2. The highest BCUT2D eigenvalue weighted by molar-refractivity contribution is 7.90. The molecule has 1 aliphatic rings. The van der Waals surface area contributed by atoms with E-state index in [0.717, 1.165) is 22.1 Å². The van der Waals surface area contributed by atoms with E-state index in [-0.39, 0.29) is 28.8 Å². The minimum atomic E-state index is -5.08. The fourth-order valence-corrected chi connectivity index (χ4v) is 4.32. The first-order chi connectivity index (χ1) is 21.2. The highest BCUT2D eigenvalue weighted by Crippen LogP contribution is 2.37. The molecule has 1 fully saturated rings. The Labute approximate surface area is 256 Å². The fraction of sp³-hybridized carbons (Fsp3) is 0.222. The van der Waals surface area contributed by atoms with Crippen molar-refractivity contribution in [3.63, 3.8) is 0 Å². The first-order valence-corrected chi connectivity index (χ1v) is 14.4. The summed E-state index contributed by atoms with van der Waals surface area (Å²) < 4.78 is 102. The number of carbonyl (C=O) groups is 3. The normalized spacial score (nSPS) is 13.5. The minimum Gasteiger partial charge on any atom is -0.475 e. The number of alkyl halides is 6. The molecule has 0 radical (unpaired) electrons. The summed E-state index contributed by atoms with van der Waals surface area (Å²) in [4.78, 5) is 43.9. The molecule has 0 spiro atoms. The second-order valence-corrected chi connectivity index (χ2v) is 11.1. The third-order valence-electron chi connectivity index (χ3n) is 5.65. The van der Waals surface area contributed by atoms with Crippen molar-refractivity contribution < 1.29 is 59.0 Å². The average molecular weight is 674 g/mol. The van der Waals surface area contributed by atoms with Crippen LogP contribution in [0.5, 0.6) is 11.6 Å². The molecule has 3 aromatic rings. The standard InChI is InChI=1S/C25H20F3N5O5S.C2HF3O2/c1-3-4-5-15-10-18(38-21-8-9-30-23(29)31-21)6-7-20(15)33-22(34)14-32(24(33)35)17-11-16(25(26,27)28)12-19(13-17)39(2,36)37;3-2(4,5)1(6)7/h6-13H,3,14H2,1-2H3,(H2,29,30,31);(H,6,7). The number of carboxylic acids is 1. The average Bonchev–Trinajstić information content (AvgIpc) is 3.24. The molecule has 0 bridgehead atoms. The minimum absolute atomic E-state index is 0.0166. The number of nitrogen functional groups attached to an aromatic ring is 1. The van der Waals surface area contributed by atoms with Gasteiger partial charge in [-0.3, -0.25) is 9.69 Å². The largest absolute Gasteiger partial charge is 0.490 e. The van der Waals surface area contributed by atoms with E-state index in [2.05, 4.69) is 21.8 Å². The second-order valence-electron chi connectivity index (χ2n) is 9.08. The van der Waals surface area contributed by atoms with Crippen LogP contribution in [0, 0.1) is 11.8 Å². The highest BCUT2D eigenvalue weighted by Gasteiger charge is 2.41. The van der Waals surface area contributed by atoms with Gasteiger partial charge in [0.2, 0.25) is 11.8 Å². The van der Waals surface area contributed by atoms with Crippen molar-refractivity contribution in [2.45, 2.75) is 30.6 Å². The molecule has 2 aromatic carbocycles. The lowest BCUT2D eigenvalue weighted by atomic mass is 10.1. The quantitative estimate of drug-likeness (QED) is 0.221. The molecule has 244 valence electrons. The van der Waals surface area contributed by atoms with Gasteiger partial charge in [-0.1, -0.05) is 18.8 Å². The highest BCUT2D eigenvalue weighted by atomic mass is 32.2. The summed E-state index contributed by atoms with van der Waals surface area (Å²) in [6, 6.07) is 6.80.